The van der Waals surface area contributed by atoms with Crippen molar-refractivity contribution in [1.82, 2.24) is 4.98 Å². The number of H-pyrrole nitrogens is 1. The quantitative estimate of drug-likeness (QED) is 0.764. The Hall–Kier alpha value is -2.49. The molecule has 0 aliphatic rings. The highest BCUT2D eigenvalue weighted by Gasteiger charge is 2.07. The molecule has 2 N–H and O–H groups in total. The third-order valence-corrected chi connectivity index (χ3v) is 3.24. The summed E-state index contributed by atoms with van der Waals surface area (Å²) in [5.74, 6) is 1.65. The van der Waals surface area contributed by atoms with E-state index in [0.717, 1.165) is 23.4 Å². The minimum absolute atomic E-state index is 0.0733. The zero-order chi connectivity index (χ0) is 13.9. The summed E-state index contributed by atoms with van der Waals surface area (Å²) in [6.07, 6.45) is 2.43. The summed E-state index contributed by atoms with van der Waals surface area (Å²) in [5, 5.41) is 4.94. The van der Waals surface area contributed by atoms with Crippen molar-refractivity contribution in [2.75, 3.05) is 5.32 Å². The first-order chi connectivity index (χ1) is 9.72. The van der Waals surface area contributed by atoms with Crippen LogP contribution in [0, 0.1) is 0 Å². The van der Waals surface area contributed by atoms with Gasteiger partial charge in [0.05, 0.1) is 6.26 Å². The van der Waals surface area contributed by atoms with Gasteiger partial charge in [0.25, 0.3) is 5.56 Å². The van der Waals surface area contributed by atoms with E-state index in [1.807, 2.05) is 42.5 Å². The van der Waals surface area contributed by atoms with Gasteiger partial charge in [-0.05, 0) is 36.6 Å². The molecule has 20 heavy (non-hydrogen) atoms. The first-order valence-electron chi connectivity index (χ1n) is 6.63. The van der Waals surface area contributed by atoms with Crippen LogP contribution in [0.25, 0.3) is 10.8 Å². The highest BCUT2D eigenvalue weighted by molar-refractivity contribution is 5.83. The summed E-state index contributed by atoms with van der Waals surface area (Å²) in [6, 6.07) is 13.5. The number of aromatic amines is 1. The van der Waals surface area contributed by atoms with Gasteiger partial charge in [-0.1, -0.05) is 18.2 Å². The summed E-state index contributed by atoms with van der Waals surface area (Å²) >= 11 is 0. The van der Waals surface area contributed by atoms with Crippen LogP contribution in [0.15, 0.2) is 57.9 Å². The maximum Gasteiger partial charge on any atom is 0.257 e. The Morgan fingerprint density at radius 2 is 2.10 bits per heavy atom. The number of hydrogen-bond donors (Lipinski definition) is 2. The maximum atomic E-state index is 12.0. The molecular weight excluding hydrogens is 252 g/mol. The second kappa shape index (κ2) is 5.25. The maximum absolute atomic E-state index is 12.0. The van der Waals surface area contributed by atoms with Crippen molar-refractivity contribution in [2.45, 2.75) is 19.4 Å². The van der Waals surface area contributed by atoms with Crippen LogP contribution in [0.4, 0.5) is 5.82 Å². The molecule has 3 rings (SSSR count). The standard InChI is InChI=1S/C16H16N2O2/c1-11(9-13-6-4-8-20-13)17-15-10-12-5-2-3-7-14(12)16(19)18-15/h2-8,10-11H,9H2,1H3,(H2,17,18,19). The zero-order valence-corrected chi connectivity index (χ0v) is 11.2. The number of aromatic nitrogens is 1. The molecule has 0 aliphatic carbocycles. The van der Waals surface area contributed by atoms with E-state index in [9.17, 15) is 4.79 Å². The van der Waals surface area contributed by atoms with E-state index in [-0.39, 0.29) is 11.6 Å². The van der Waals surface area contributed by atoms with Crippen LogP contribution in [0.3, 0.4) is 0 Å². The molecule has 1 atom stereocenters. The highest BCUT2D eigenvalue weighted by atomic mass is 16.3. The van der Waals surface area contributed by atoms with Crippen molar-refractivity contribution in [3.63, 3.8) is 0 Å². The van der Waals surface area contributed by atoms with Crippen molar-refractivity contribution in [1.29, 1.82) is 0 Å². The summed E-state index contributed by atoms with van der Waals surface area (Å²) in [7, 11) is 0. The molecule has 2 aromatic heterocycles. The number of nitrogens with one attached hydrogen (secondary N) is 2. The van der Waals surface area contributed by atoms with E-state index < -0.39 is 0 Å². The van der Waals surface area contributed by atoms with E-state index >= 15 is 0 Å². The molecule has 1 aromatic carbocycles. The van der Waals surface area contributed by atoms with Crippen LogP contribution in [0.2, 0.25) is 0 Å². The van der Waals surface area contributed by atoms with E-state index in [4.69, 9.17) is 4.42 Å². The Bertz CT molecular complexity index is 759. The molecule has 0 bridgehead atoms. The van der Waals surface area contributed by atoms with E-state index in [0.29, 0.717) is 5.39 Å². The van der Waals surface area contributed by atoms with Crippen LogP contribution in [0.1, 0.15) is 12.7 Å². The van der Waals surface area contributed by atoms with Gasteiger partial charge in [0, 0.05) is 17.8 Å². The number of furan rings is 1. The van der Waals surface area contributed by atoms with Crippen LogP contribution in [-0.4, -0.2) is 11.0 Å². The monoisotopic (exact) mass is 268 g/mol. The fraction of sp³-hybridized carbons (Fsp3) is 0.188. The summed E-state index contributed by atoms with van der Waals surface area (Å²) in [5.41, 5.74) is -0.0733. The normalized spacial score (nSPS) is 12.4. The van der Waals surface area contributed by atoms with Crippen molar-refractivity contribution >= 4 is 16.6 Å². The number of pyridine rings is 1. The molecule has 0 saturated heterocycles. The van der Waals surface area contributed by atoms with Gasteiger partial charge in [-0.25, -0.2) is 0 Å². The van der Waals surface area contributed by atoms with Crippen LogP contribution in [-0.2, 0) is 6.42 Å². The topological polar surface area (TPSA) is 58.0 Å². The fourth-order valence-electron chi connectivity index (χ4n) is 2.34. The van der Waals surface area contributed by atoms with Gasteiger partial charge in [-0.15, -0.1) is 0 Å². The van der Waals surface area contributed by atoms with Crippen molar-refractivity contribution in [2.24, 2.45) is 0 Å². The number of rotatable bonds is 4. The van der Waals surface area contributed by atoms with Gasteiger partial charge in [-0.2, -0.15) is 0 Å². The van der Waals surface area contributed by atoms with Crippen LogP contribution < -0.4 is 10.9 Å². The Balaban J connectivity index is 1.82. The lowest BCUT2D eigenvalue weighted by molar-refractivity contribution is 0.497. The average Bonchev–Trinajstić information content (AvgIpc) is 2.91. The van der Waals surface area contributed by atoms with E-state index in [1.165, 1.54) is 0 Å². The lowest BCUT2D eigenvalue weighted by Crippen LogP contribution is -2.20. The van der Waals surface area contributed by atoms with Crippen LogP contribution >= 0.6 is 0 Å². The van der Waals surface area contributed by atoms with Gasteiger partial charge < -0.3 is 14.7 Å². The molecule has 4 nitrogen and oxygen atoms in total. The molecule has 0 saturated carbocycles. The Morgan fingerprint density at radius 3 is 2.90 bits per heavy atom. The van der Waals surface area contributed by atoms with E-state index in [1.54, 1.807) is 6.26 Å². The molecular formula is C16H16N2O2. The van der Waals surface area contributed by atoms with Crippen molar-refractivity contribution in [3.05, 3.63) is 64.8 Å². The molecule has 3 aromatic rings. The molecule has 0 aliphatic heterocycles. The average molecular weight is 268 g/mol. The van der Waals surface area contributed by atoms with Gasteiger partial charge in [-0.3, -0.25) is 4.79 Å². The van der Waals surface area contributed by atoms with Gasteiger partial charge >= 0.3 is 0 Å². The lowest BCUT2D eigenvalue weighted by atomic mass is 10.1. The lowest BCUT2D eigenvalue weighted by Gasteiger charge is -2.14. The number of benzene rings is 1. The van der Waals surface area contributed by atoms with Crippen LogP contribution in [0.5, 0.6) is 0 Å². The summed E-state index contributed by atoms with van der Waals surface area (Å²) < 4.78 is 5.32. The molecule has 102 valence electrons. The second-order valence-electron chi connectivity index (χ2n) is 4.93. The summed E-state index contributed by atoms with van der Waals surface area (Å²) in [4.78, 5) is 14.8. The number of fused-ring (bicyclic) bond motifs is 1. The largest absolute Gasteiger partial charge is 0.469 e. The minimum atomic E-state index is -0.0733. The molecule has 1 unspecified atom stereocenters. The third kappa shape index (κ3) is 2.59. The SMILES string of the molecule is CC(Cc1ccco1)Nc1cc2ccccc2c(=O)[nH]1. The zero-order valence-electron chi connectivity index (χ0n) is 11.2. The molecule has 0 amide bonds. The fourth-order valence-corrected chi connectivity index (χ4v) is 2.34. The Labute approximate surface area is 116 Å². The minimum Gasteiger partial charge on any atom is -0.469 e. The molecule has 0 spiro atoms. The Kier molecular flexibility index (Phi) is 3.29. The van der Waals surface area contributed by atoms with Gasteiger partial charge in [0.1, 0.15) is 11.6 Å². The van der Waals surface area contributed by atoms with Crippen molar-refractivity contribution in [3.8, 4) is 0 Å². The molecule has 2 heterocycles. The van der Waals surface area contributed by atoms with Gasteiger partial charge in [0.2, 0.25) is 0 Å². The number of anilines is 1. The predicted octanol–water partition coefficient (Wildman–Crippen LogP) is 3.16. The Morgan fingerprint density at radius 1 is 1.25 bits per heavy atom. The third-order valence-electron chi connectivity index (χ3n) is 3.24. The first-order valence-corrected chi connectivity index (χ1v) is 6.63. The predicted molar refractivity (Wildman–Crippen MR) is 80.1 cm³/mol. The molecule has 0 radical (unpaired) electrons. The highest BCUT2D eigenvalue weighted by Crippen LogP contribution is 2.14. The number of hydrogen-bond acceptors (Lipinski definition) is 3. The van der Waals surface area contributed by atoms with Gasteiger partial charge in [0.15, 0.2) is 0 Å². The van der Waals surface area contributed by atoms with Crippen molar-refractivity contribution < 1.29 is 4.42 Å². The summed E-state index contributed by atoms with van der Waals surface area (Å²) in [6.45, 7) is 2.05. The first kappa shape index (κ1) is 12.5. The molecule has 0 fully saturated rings. The second-order valence-corrected chi connectivity index (χ2v) is 4.93. The molecule has 4 heteroatoms. The smallest absolute Gasteiger partial charge is 0.257 e. The van der Waals surface area contributed by atoms with E-state index in [2.05, 4.69) is 17.2 Å².